The van der Waals surface area contributed by atoms with Crippen molar-refractivity contribution in [3.8, 4) is 0 Å². The van der Waals surface area contributed by atoms with Crippen LogP contribution in [0.25, 0.3) is 5.53 Å². The summed E-state index contributed by atoms with van der Waals surface area (Å²) in [5.74, 6) is -3.97. The van der Waals surface area contributed by atoms with Crippen molar-refractivity contribution in [2.24, 2.45) is 11.8 Å². The van der Waals surface area contributed by atoms with Crippen LogP contribution in [0.2, 0.25) is 18.1 Å². The zero-order chi connectivity index (χ0) is 19.4. The van der Waals surface area contributed by atoms with Gasteiger partial charge in [-0.2, -0.15) is 4.79 Å². The number of hydrogen-bond donors (Lipinski definition) is 2. The molecule has 1 aliphatic heterocycles. The molecule has 9 heteroatoms. The maximum Gasteiger partial charge on any atom is 0.441 e. The zero-order valence-electron chi connectivity index (χ0n) is 15.4. The zero-order valence-corrected chi connectivity index (χ0v) is 16.4. The molecule has 140 valence electrons. The second-order valence-electron chi connectivity index (χ2n) is 6.53. The van der Waals surface area contributed by atoms with Gasteiger partial charge in [-0.25, -0.2) is 4.79 Å². The largest absolute Gasteiger partial charge is 0.472 e. The minimum absolute atomic E-state index is 0.207. The summed E-state index contributed by atoms with van der Waals surface area (Å²) in [6, 6.07) is 2.29. The second kappa shape index (κ2) is 8.51. The molecule has 4 atom stereocenters. The van der Waals surface area contributed by atoms with Crippen molar-refractivity contribution in [2.75, 3.05) is 0 Å². The molecule has 2 unspecified atom stereocenters. The van der Waals surface area contributed by atoms with Crippen LogP contribution in [0.5, 0.6) is 0 Å². The summed E-state index contributed by atoms with van der Waals surface area (Å²) in [5, 5.41) is 11.6. The highest BCUT2D eigenvalue weighted by atomic mass is 28.4. The molecule has 0 aromatic heterocycles. The number of carboxylic acid groups (broad SMARTS) is 1. The van der Waals surface area contributed by atoms with E-state index in [1.54, 1.807) is 0 Å². The highest BCUT2D eigenvalue weighted by molar-refractivity contribution is 6.73. The smallest absolute Gasteiger partial charge is 0.441 e. The number of hydrogen-bond acceptors (Lipinski definition) is 4. The van der Waals surface area contributed by atoms with Crippen LogP contribution in [0.3, 0.4) is 0 Å². The molecule has 8 nitrogen and oxygen atoms in total. The van der Waals surface area contributed by atoms with E-state index in [1.807, 2.05) is 6.92 Å². The molecule has 1 heterocycles. The summed E-state index contributed by atoms with van der Waals surface area (Å²) in [6.07, 6.45) is -0.361. The van der Waals surface area contributed by atoms with E-state index in [1.165, 1.54) is 6.92 Å². The number of rotatable bonds is 10. The third-order valence-electron chi connectivity index (χ3n) is 5.36. The first-order valence-corrected chi connectivity index (χ1v) is 11.2. The number of Topliss-reactive ketones (excluding diaryl/α,β-unsaturated/α-hetero) is 1. The van der Waals surface area contributed by atoms with Crippen molar-refractivity contribution in [3.63, 3.8) is 0 Å². The van der Waals surface area contributed by atoms with Gasteiger partial charge in [0, 0.05) is 5.92 Å². The number of amides is 1. The monoisotopic (exact) mass is 369 g/mol. The molecule has 0 aromatic rings. The third-order valence-corrected chi connectivity index (χ3v) is 10.1. The minimum Gasteiger partial charge on any atom is -0.472 e. The summed E-state index contributed by atoms with van der Waals surface area (Å²) in [5.41, 5.74) is 7.81. The summed E-state index contributed by atoms with van der Waals surface area (Å²) >= 11 is 0. The average molecular weight is 369 g/mol. The number of ketones is 1. The maximum atomic E-state index is 12.2. The first-order chi connectivity index (χ1) is 11.7. The molecular weight excluding hydrogens is 342 g/mol. The first-order valence-electron chi connectivity index (χ1n) is 8.65. The fourth-order valence-electron chi connectivity index (χ4n) is 3.40. The van der Waals surface area contributed by atoms with Gasteiger partial charge in [-0.3, -0.25) is 9.59 Å². The first kappa shape index (κ1) is 21.2. The molecule has 1 fully saturated rings. The fraction of sp³-hybridized carbons (Fsp3) is 0.750. The van der Waals surface area contributed by atoms with E-state index in [0.717, 1.165) is 18.1 Å². The Morgan fingerprint density at radius 3 is 2.16 bits per heavy atom. The molecule has 0 aromatic carbocycles. The van der Waals surface area contributed by atoms with Crippen LogP contribution in [0.4, 0.5) is 0 Å². The van der Waals surface area contributed by atoms with Gasteiger partial charge in [-0.05, 0) is 25.1 Å². The summed E-state index contributed by atoms with van der Waals surface area (Å²) < 4.78 is 6.33. The van der Waals surface area contributed by atoms with E-state index in [2.05, 4.69) is 30.9 Å². The molecular formula is C16H27N3O5Si. The lowest BCUT2D eigenvalue weighted by Gasteiger charge is -2.45. The summed E-state index contributed by atoms with van der Waals surface area (Å²) in [6.45, 7) is 9.62. The van der Waals surface area contributed by atoms with E-state index < -0.39 is 43.7 Å². The lowest BCUT2D eigenvalue weighted by atomic mass is 9.76. The second-order valence-corrected chi connectivity index (χ2v) is 11.3. The van der Waals surface area contributed by atoms with Crippen LogP contribution in [0.1, 0.15) is 34.6 Å². The molecule has 0 bridgehead atoms. The van der Waals surface area contributed by atoms with Gasteiger partial charge in [-0.1, -0.05) is 27.7 Å². The number of carbonyl (C=O) groups is 3. The molecule has 1 aliphatic rings. The maximum absolute atomic E-state index is 12.2. The predicted molar refractivity (Wildman–Crippen MR) is 93.6 cm³/mol. The fourth-order valence-corrected chi connectivity index (χ4v) is 6.34. The van der Waals surface area contributed by atoms with Gasteiger partial charge in [0.2, 0.25) is 5.91 Å². The summed E-state index contributed by atoms with van der Waals surface area (Å²) in [4.78, 5) is 37.8. The van der Waals surface area contributed by atoms with Crippen molar-refractivity contribution in [1.82, 2.24) is 5.32 Å². The Labute approximate surface area is 148 Å². The van der Waals surface area contributed by atoms with Crippen LogP contribution in [-0.2, 0) is 18.8 Å². The lowest BCUT2D eigenvalue weighted by molar-refractivity contribution is -0.144. The normalized spacial score (nSPS) is 22.2. The Morgan fingerprint density at radius 2 is 1.80 bits per heavy atom. The van der Waals surface area contributed by atoms with E-state index in [0.29, 0.717) is 0 Å². The Bertz CT molecular complexity index is 590. The Hall–Kier alpha value is -1.83. The van der Waals surface area contributed by atoms with E-state index in [-0.39, 0.29) is 12.0 Å². The topological polar surface area (TPSA) is 129 Å². The van der Waals surface area contributed by atoms with Crippen molar-refractivity contribution < 1.29 is 28.7 Å². The van der Waals surface area contributed by atoms with Crippen LogP contribution in [0, 0.1) is 11.8 Å². The summed E-state index contributed by atoms with van der Waals surface area (Å²) in [7, 11) is -1.92. The van der Waals surface area contributed by atoms with Gasteiger partial charge in [0.15, 0.2) is 8.32 Å². The van der Waals surface area contributed by atoms with Crippen LogP contribution in [0.15, 0.2) is 0 Å². The van der Waals surface area contributed by atoms with Gasteiger partial charge < -0.3 is 20.4 Å². The average Bonchev–Trinajstić information content (AvgIpc) is 2.57. The molecule has 2 N–H and O–H groups in total. The van der Waals surface area contributed by atoms with Gasteiger partial charge in [0.1, 0.15) is 0 Å². The lowest BCUT2D eigenvalue weighted by Crippen LogP contribution is -2.67. The van der Waals surface area contributed by atoms with Crippen molar-refractivity contribution in [3.05, 3.63) is 5.53 Å². The van der Waals surface area contributed by atoms with E-state index >= 15 is 0 Å². The minimum atomic E-state index is -1.92. The van der Waals surface area contributed by atoms with Crippen molar-refractivity contribution in [2.45, 2.75) is 64.9 Å². The number of nitrogens with zero attached hydrogens (tertiary/aromatic N) is 2. The quantitative estimate of drug-likeness (QED) is 0.150. The number of β-lactam (4-membered cyclic amide) rings is 1. The number of carboxylic acids is 1. The molecule has 1 amide bonds. The molecule has 1 saturated heterocycles. The standard InChI is InChI=1S/C16H27N3O5Si/c1-6-25(7-2,8-3)24-10(5)11-12(18-15(11)21)9(4)14(20)13(19-17)16(22)23/h9-12H,6-8H2,1-5H3,(H,18,21)(H,22,23)/t9?,10?,11-,12-/m1/s1. The van der Waals surface area contributed by atoms with E-state index in [4.69, 9.17) is 15.1 Å². The van der Waals surface area contributed by atoms with Crippen LogP contribution >= 0.6 is 0 Å². The van der Waals surface area contributed by atoms with Crippen molar-refractivity contribution in [1.29, 1.82) is 0 Å². The van der Waals surface area contributed by atoms with Crippen molar-refractivity contribution >= 4 is 31.7 Å². The molecule has 0 aliphatic carbocycles. The van der Waals surface area contributed by atoms with Crippen LogP contribution in [-0.4, -0.2) is 53.7 Å². The number of carbonyl (C=O) groups excluding carboxylic acids is 2. The predicted octanol–water partition coefficient (Wildman–Crippen LogP) is 1.47. The molecule has 0 radical (unpaired) electrons. The molecule has 1 rings (SSSR count). The van der Waals surface area contributed by atoms with Gasteiger partial charge in [0.05, 0.1) is 18.1 Å². The van der Waals surface area contributed by atoms with Gasteiger partial charge in [0.25, 0.3) is 5.78 Å². The van der Waals surface area contributed by atoms with Gasteiger partial charge in [-0.15, -0.1) is 0 Å². The van der Waals surface area contributed by atoms with Crippen LogP contribution < -0.4 is 5.32 Å². The van der Waals surface area contributed by atoms with Gasteiger partial charge >= 0.3 is 11.7 Å². The molecule has 0 spiro atoms. The number of nitrogens with one attached hydrogen (secondary N) is 1. The third kappa shape index (κ3) is 4.23. The SMILES string of the molecule is CC[Si](CC)(CC)OC(C)[C@H]1C(=O)N[C@@H]1C(C)C(=O)C(=[N+]=[N-])C(=O)O. The Kier molecular flexibility index (Phi) is 7.22. The highest BCUT2D eigenvalue weighted by Gasteiger charge is 2.51. The Balaban J connectivity index is 2.94. The molecule has 25 heavy (non-hydrogen) atoms. The molecule has 0 saturated carbocycles. The Morgan fingerprint density at radius 1 is 1.28 bits per heavy atom. The van der Waals surface area contributed by atoms with E-state index in [9.17, 15) is 14.4 Å². The number of aliphatic carboxylic acids is 1. The highest BCUT2D eigenvalue weighted by Crippen LogP contribution is 2.32.